The fraction of sp³-hybridized carbons (Fsp3) is 0.267. The van der Waals surface area contributed by atoms with Crippen LogP contribution in [0.15, 0.2) is 41.8 Å². The van der Waals surface area contributed by atoms with Crippen molar-refractivity contribution in [2.75, 3.05) is 26.2 Å². The number of hydrogen-bond acceptors (Lipinski definition) is 3. The molecule has 1 aliphatic rings. The highest BCUT2D eigenvalue weighted by Gasteiger charge is 2.18. The predicted molar refractivity (Wildman–Crippen MR) is 78.5 cm³/mol. The van der Waals surface area contributed by atoms with Crippen molar-refractivity contribution in [2.45, 2.75) is 0 Å². The van der Waals surface area contributed by atoms with Crippen LogP contribution < -0.4 is 5.32 Å². The molecule has 3 nitrogen and oxygen atoms in total. The van der Waals surface area contributed by atoms with Crippen LogP contribution in [0.1, 0.15) is 10.4 Å². The predicted octanol–water partition coefficient (Wildman–Crippen LogP) is 2.46. The molecule has 3 rings (SSSR count). The van der Waals surface area contributed by atoms with E-state index in [9.17, 15) is 4.79 Å². The van der Waals surface area contributed by atoms with E-state index in [2.05, 4.69) is 22.8 Å². The summed E-state index contributed by atoms with van der Waals surface area (Å²) < 4.78 is 0. The molecule has 19 heavy (non-hydrogen) atoms. The second-order valence-electron chi connectivity index (χ2n) is 4.60. The second-order valence-corrected chi connectivity index (χ2v) is 5.55. The van der Waals surface area contributed by atoms with Crippen molar-refractivity contribution >= 4 is 17.2 Å². The van der Waals surface area contributed by atoms with Crippen LogP contribution in [0.4, 0.5) is 0 Å². The zero-order valence-electron chi connectivity index (χ0n) is 10.6. The lowest BCUT2D eigenvalue weighted by Crippen LogP contribution is -2.46. The van der Waals surface area contributed by atoms with Crippen molar-refractivity contribution in [1.82, 2.24) is 10.2 Å². The summed E-state index contributed by atoms with van der Waals surface area (Å²) in [5.41, 5.74) is 1.91. The average molecular weight is 272 g/mol. The minimum absolute atomic E-state index is 0.139. The SMILES string of the molecule is O=C(c1cccc(-c2cccs2)c1)N1CCNCC1. The minimum Gasteiger partial charge on any atom is -0.336 e. The zero-order chi connectivity index (χ0) is 13.1. The van der Waals surface area contributed by atoms with Crippen LogP contribution in [0.2, 0.25) is 0 Å². The Kier molecular flexibility index (Phi) is 3.62. The van der Waals surface area contributed by atoms with E-state index in [4.69, 9.17) is 0 Å². The van der Waals surface area contributed by atoms with Crippen molar-refractivity contribution in [3.8, 4) is 10.4 Å². The molecule has 2 heterocycles. The van der Waals surface area contributed by atoms with Crippen LogP contribution >= 0.6 is 11.3 Å². The largest absolute Gasteiger partial charge is 0.336 e. The monoisotopic (exact) mass is 272 g/mol. The van der Waals surface area contributed by atoms with Gasteiger partial charge in [-0.1, -0.05) is 18.2 Å². The Morgan fingerprint density at radius 3 is 2.74 bits per heavy atom. The first-order valence-electron chi connectivity index (χ1n) is 6.48. The smallest absolute Gasteiger partial charge is 0.253 e. The molecule has 1 amide bonds. The van der Waals surface area contributed by atoms with Gasteiger partial charge < -0.3 is 10.2 Å². The molecule has 2 aromatic rings. The summed E-state index contributed by atoms with van der Waals surface area (Å²) in [6.07, 6.45) is 0. The molecule has 0 atom stereocenters. The summed E-state index contributed by atoms with van der Waals surface area (Å²) in [5.74, 6) is 0.139. The number of carbonyl (C=O) groups excluding carboxylic acids is 1. The Morgan fingerprint density at radius 2 is 2.00 bits per heavy atom. The van der Waals surface area contributed by atoms with Crippen molar-refractivity contribution in [3.63, 3.8) is 0 Å². The van der Waals surface area contributed by atoms with Crippen LogP contribution in [0.25, 0.3) is 10.4 Å². The van der Waals surface area contributed by atoms with Crippen molar-refractivity contribution < 1.29 is 4.79 Å². The summed E-state index contributed by atoms with van der Waals surface area (Å²) in [6, 6.07) is 12.0. The molecule has 0 aliphatic carbocycles. The average Bonchev–Trinajstić information content (AvgIpc) is 3.02. The van der Waals surface area contributed by atoms with E-state index in [0.717, 1.165) is 37.3 Å². The van der Waals surface area contributed by atoms with Crippen LogP contribution in [0, 0.1) is 0 Å². The number of nitrogens with zero attached hydrogens (tertiary/aromatic N) is 1. The van der Waals surface area contributed by atoms with Gasteiger partial charge in [0.1, 0.15) is 0 Å². The Bertz CT molecular complexity index is 559. The highest BCUT2D eigenvalue weighted by Crippen LogP contribution is 2.25. The van der Waals surface area contributed by atoms with Gasteiger partial charge in [-0.25, -0.2) is 0 Å². The van der Waals surface area contributed by atoms with Crippen LogP contribution in [0.5, 0.6) is 0 Å². The number of thiophene rings is 1. The third-order valence-electron chi connectivity index (χ3n) is 3.32. The maximum atomic E-state index is 12.4. The fourth-order valence-electron chi connectivity index (χ4n) is 2.30. The molecule has 98 valence electrons. The summed E-state index contributed by atoms with van der Waals surface area (Å²) in [4.78, 5) is 15.5. The van der Waals surface area contributed by atoms with Gasteiger partial charge in [-0.15, -0.1) is 11.3 Å². The van der Waals surface area contributed by atoms with E-state index in [0.29, 0.717) is 0 Å². The molecule has 0 radical (unpaired) electrons. The maximum absolute atomic E-state index is 12.4. The van der Waals surface area contributed by atoms with Gasteiger partial charge in [0.05, 0.1) is 0 Å². The molecular formula is C15H16N2OS. The van der Waals surface area contributed by atoms with E-state index in [1.54, 1.807) is 11.3 Å². The Balaban J connectivity index is 1.84. The van der Waals surface area contributed by atoms with E-state index >= 15 is 0 Å². The number of rotatable bonds is 2. The highest BCUT2D eigenvalue weighted by molar-refractivity contribution is 7.13. The van der Waals surface area contributed by atoms with E-state index < -0.39 is 0 Å². The van der Waals surface area contributed by atoms with Crippen LogP contribution in [-0.4, -0.2) is 37.0 Å². The first-order valence-corrected chi connectivity index (χ1v) is 7.36. The van der Waals surface area contributed by atoms with Gasteiger partial charge >= 0.3 is 0 Å². The van der Waals surface area contributed by atoms with Crippen molar-refractivity contribution in [1.29, 1.82) is 0 Å². The van der Waals surface area contributed by atoms with Crippen molar-refractivity contribution in [3.05, 3.63) is 47.3 Å². The normalized spacial score (nSPS) is 15.5. The van der Waals surface area contributed by atoms with Crippen LogP contribution in [-0.2, 0) is 0 Å². The number of hydrogen-bond donors (Lipinski definition) is 1. The lowest BCUT2D eigenvalue weighted by atomic mass is 10.1. The Morgan fingerprint density at radius 1 is 1.16 bits per heavy atom. The number of carbonyl (C=O) groups is 1. The quantitative estimate of drug-likeness (QED) is 0.911. The fourth-order valence-corrected chi connectivity index (χ4v) is 3.02. The van der Waals surface area contributed by atoms with Gasteiger partial charge in [0, 0.05) is 36.6 Å². The van der Waals surface area contributed by atoms with Gasteiger partial charge in [-0.2, -0.15) is 0 Å². The van der Waals surface area contributed by atoms with Gasteiger partial charge in [-0.05, 0) is 29.1 Å². The van der Waals surface area contributed by atoms with E-state index in [-0.39, 0.29) is 5.91 Å². The summed E-state index contributed by atoms with van der Waals surface area (Å²) >= 11 is 1.70. The lowest BCUT2D eigenvalue weighted by molar-refractivity contribution is 0.0736. The molecule has 1 aromatic carbocycles. The number of benzene rings is 1. The second kappa shape index (κ2) is 5.55. The Hall–Kier alpha value is -1.65. The number of nitrogens with one attached hydrogen (secondary N) is 1. The van der Waals surface area contributed by atoms with Crippen molar-refractivity contribution in [2.24, 2.45) is 0 Å². The molecule has 1 fully saturated rings. The molecule has 4 heteroatoms. The number of amides is 1. The summed E-state index contributed by atoms with van der Waals surface area (Å²) in [6.45, 7) is 3.36. The summed E-state index contributed by atoms with van der Waals surface area (Å²) in [7, 11) is 0. The van der Waals surface area contributed by atoms with Gasteiger partial charge in [0.25, 0.3) is 5.91 Å². The first kappa shape index (κ1) is 12.4. The third kappa shape index (κ3) is 2.69. The molecule has 1 aromatic heterocycles. The molecular weight excluding hydrogens is 256 g/mol. The third-order valence-corrected chi connectivity index (χ3v) is 4.24. The van der Waals surface area contributed by atoms with Gasteiger partial charge in [-0.3, -0.25) is 4.79 Å². The van der Waals surface area contributed by atoms with E-state index in [1.807, 2.05) is 29.2 Å². The topological polar surface area (TPSA) is 32.3 Å². The molecule has 1 aliphatic heterocycles. The standard InChI is InChI=1S/C15H16N2OS/c18-15(17-8-6-16-7-9-17)13-4-1-3-12(11-13)14-5-2-10-19-14/h1-5,10-11,16H,6-9H2. The van der Waals surface area contributed by atoms with Gasteiger partial charge in [0.2, 0.25) is 0 Å². The summed E-state index contributed by atoms with van der Waals surface area (Å²) in [5, 5.41) is 5.32. The molecule has 0 spiro atoms. The zero-order valence-corrected chi connectivity index (χ0v) is 11.5. The molecule has 0 bridgehead atoms. The Labute approximate surface area is 116 Å². The van der Waals surface area contributed by atoms with E-state index in [1.165, 1.54) is 4.88 Å². The van der Waals surface area contributed by atoms with Crippen LogP contribution in [0.3, 0.4) is 0 Å². The minimum atomic E-state index is 0.139. The molecule has 1 N–H and O–H groups in total. The molecule has 0 saturated carbocycles. The first-order chi connectivity index (χ1) is 9.34. The highest BCUT2D eigenvalue weighted by atomic mass is 32.1. The number of piperazine rings is 1. The molecule has 1 saturated heterocycles. The lowest BCUT2D eigenvalue weighted by Gasteiger charge is -2.27. The van der Waals surface area contributed by atoms with Gasteiger partial charge in [0.15, 0.2) is 0 Å². The maximum Gasteiger partial charge on any atom is 0.253 e. The molecule has 0 unspecified atom stereocenters.